The monoisotopic (exact) mass is 216 g/mol. The van der Waals surface area contributed by atoms with Crippen LogP contribution < -0.4 is 0 Å². The summed E-state index contributed by atoms with van der Waals surface area (Å²) >= 11 is -1.43. The van der Waals surface area contributed by atoms with E-state index in [4.69, 9.17) is 0 Å². The molecule has 0 spiro atoms. The zero-order chi connectivity index (χ0) is 8.69. The summed E-state index contributed by atoms with van der Waals surface area (Å²) < 4.78 is 8.88. The maximum atomic E-state index is 10.4. The molecule has 0 N–H and O–H groups in total. The van der Waals surface area contributed by atoms with Crippen LogP contribution in [0.3, 0.4) is 0 Å². The van der Waals surface area contributed by atoms with Crippen LogP contribution in [0.4, 0.5) is 0 Å². The second kappa shape index (κ2) is 5.73. The van der Waals surface area contributed by atoms with Crippen LogP contribution in [0.1, 0.15) is 0 Å². The molecule has 0 aliphatic heterocycles. The van der Waals surface area contributed by atoms with E-state index in [0.717, 1.165) is 12.2 Å². The summed E-state index contributed by atoms with van der Waals surface area (Å²) in [7, 11) is 0. The number of carbonyl (C=O) groups is 2. The zero-order valence-corrected chi connectivity index (χ0v) is 7.80. The molecule has 0 saturated carbocycles. The van der Waals surface area contributed by atoms with Gasteiger partial charge in [-0.2, -0.15) is 0 Å². The van der Waals surface area contributed by atoms with Crippen molar-refractivity contribution in [2.24, 2.45) is 0 Å². The average molecular weight is 215 g/mol. The molecular weight excluding hydrogens is 209 g/mol. The molecule has 0 aliphatic carbocycles. The van der Waals surface area contributed by atoms with Crippen molar-refractivity contribution in [1.29, 1.82) is 0 Å². The first-order chi connectivity index (χ1) is 5.20. The summed E-state index contributed by atoms with van der Waals surface area (Å²) in [6, 6.07) is 0. The Balaban J connectivity index is 3.41. The molecule has 0 bridgehead atoms. The van der Waals surface area contributed by atoms with Crippen molar-refractivity contribution in [1.82, 2.24) is 0 Å². The quantitative estimate of drug-likeness (QED) is 0.488. The van der Waals surface area contributed by atoms with E-state index in [-0.39, 0.29) is 0 Å². The van der Waals surface area contributed by atoms with Crippen LogP contribution in [0.15, 0.2) is 25.3 Å². The molecule has 4 nitrogen and oxygen atoms in total. The van der Waals surface area contributed by atoms with Gasteiger partial charge in [-0.3, -0.25) is 0 Å². The summed E-state index contributed by atoms with van der Waals surface area (Å²) in [5.41, 5.74) is 0. The van der Waals surface area contributed by atoms with Gasteiger partial charge in [-0.25, -0.2) is 0 Å². The van der Waals surface area contributed by atoms with Gasteiger partial charge in [0.1, 0.15) is 0 Å². The van der Waals surface area contributed by atoms with Gasteiger partial charge in [0.25, 0.3) is 0 Å². The first-order valence-corrected chi connectivity index (χ1v) is 4.33. The van der Waals surface area contributed by atoms with Gasteiger partial charge in [0.05, 0.1) is 0 Å². The van der Waals surface area contributed by atoms with Crippen LogP contribution in [0, 0.1) is 0 Å². The molecule has 0 saturated heterocycles. The molecule has 0 unspecified atom stereocenters. The SMILES string of the molecule is C=CC(=O)[O][Ge][O]C(=O)C=C. The van der Waals surface area contributed by atoms with Crippen molar-refractivity contribution in [2.75, 3.05) is 0 Å². The first-order valence-electron chi connectivity index (χ1n) is 2.62. The summed E-state index contributed by atoms with van der Waals surface area (Å²) in [5, 5.41) is 0. The van der Waals surface area contributed by atoms with Crippen LogP contribution in [0.2, 0.25) is 0 Å². The van der Waals surface area contributed by atoms with E-state index in [1.807, 2.05) is 0 Å². The minimum atomic E-state index is -1.43. The van der Waals surface area contributed by atoms with Crippen molar-refractivity contribution in [3.8, 4) is 0 Å². The molecule has 0 heterocycles. The molecule has 11 heavy (non-hydrogen) atoms. The van der Waals surface area contributed by atoms with Crippen LogP contribution in [0.25, 0.3) is 0 Å². The third-order valence-corrected chi connectivity index (χ3v) is 1.81. The van der Waals surface area contributed by atoms with Crippen molar-refractivity contribution >= 4 is 28.0 Å². The Hall–Kier alpha value is -1.04. The fourth-order valence-electron chi connectivity index (χ4n) is 0.186. The minimum absolute atomic E-state index is 0.582. The fourth-order valence-corrected chi connectivity index (χ4v) is 0.968. The van der Waals surface area contributed by atoms with Crippen molar-refractivity contribution < 1.29 is 17.1 Å². The molecule has 0 atom stereocenters. The number of hydrogen-bond acceptors (Lipinski definition) is 4. The summed E-state index contributed by atoms with van der Waals surface area (Å²) in [6.07, 6.45) is 2.01. The second-order valence-electron chi connectivity index (χ2n) is 1.33. The Morgan fingerprint density at radius 1 is 1.09 bits per heavy atom. The Morgan fingerprint density at radius 3 is 1.73 bits per heavy atom. The van der Waals surface area contributed by atoms with E-state index >= 15 is 0 Å². The van der Waals surface area contributed by atoms with Gasteiger partial charge in [0, 0.05) is 0 Å². The van der Waals surface area contributed by atoms with Gasteiger partial charge in [0.2, 0.25) is 0 Å². The standard InChI is InChI=1S/C6H6GeO4/c1-3-5(8)10-7-11-6(9)4-2/h3-4H,1-2H2. The third-order valence-electron chi connectivity index (χ3n) is 0.618. The molecular formula is C6H6GeO4. The van der Waals surface area contributed by atoms with Gasteiger partial charge in [-0.05, 0) is 0 Å². The Bertz CT molecular complexity index is 167. The van der Waals surface area contributed by atoms with E-state index in [1.54, 1.807) is 0 Å². The molecule has 5 heteroatoms. The number of hydrogen-bond donors (Lipinski definition) is 0. The fraction of sp³-hybridized carbons (Fsp3) is 0. The van der Waals surface area contributed by atoms with Crippen molar-refractivity contribution in [3.63, 3.8) is 0 Å². The van der Waals surface area contributed by atoms with E-state index < -0.39 is 28.0 Å². The summed E-state index contributed by atoms with van der Waals surface area (Å²) in [5.74, 6) is -1.16. The van der Waals surface area contributed by atoms with Crippen molar-refractivity contribution in [3.05, 3.63) is 25.3 Å². The molecule has 0 rings (SSSR count). The predicted molar refractivity (Wildman–Crippen MR) is 38.3 cm³/mol. The first kappa shape index (κ1) is 9.96. The van der Waals surface area contributed by atoms with Crippen molar-refractivity contribution in [2.45, 2.75) is 0 Å². The number of carbonyl (C=O) groups excluding carboxylic acids is 2. The molecule has 0 aromatic rings. The van der Waals surface area contributed by atoms with E-state index in [9.17, 15) is 9.59 Å². The normalized spacial score (nSPS) is 8.00. The number of rotatable bonds is 4. The Kier molecular flexibility index (Phi) is 5.19. The zero-order valence-electron chi connectivity index (χ0n) is 5.70. The molecule has 0 amide bonds. The Labute approximate surface area is 71.0 Å². The van der Waals surface area contributed by atoms with Crippen LogP contribution in [-0.2, 0) is 17.1 Å². The van der Waals surface area contributed by atoms with Gasteiger partial charge in [0.15, 0.2) is 0 Å². The molecule has 2 radical (unpaired) electrons. The van der Waals surface area contributed by atoms with E-state index in [0.29, 0.717) is 0 Å². The van der Waals surface area contributed by atoms with Gasteiger partial charge < -0.3 is 0 Å². The van der Waals surface area contributed by atoms with E-state index in [1.165, 1.54) is 0 Å². The summed E-state index contributed by atoms with van der Waals surface area (Å²) in [4.78, 5) is 20.7. The van der Waals surface area contributed by atoms with Crippen LogP contribution in [0.5, 0.6) is 0 Å². The van der Waals surface area contributed by atoms with Crippen LogP contribution >= 0.6 is 0 Å². The van der Waals surface area contributed by atoms with Gasteiger partial charge in [-0.1, -0.05) is 0 Å². The Morgan fingerprint density at radius 2 is 1.45 bits per heavy atom. The van der Waals surface area contributed by atoms with Gasteiger partial charge in [-0.15, -0.1) is 0 Å². The molecule has 0 aromatic heterocycles. The van der Waals surface area contributed by atoms with E-state index in [2.05, 4.69) is 20.7 Å². The average Bonchev–Trinajstić information content (AvgIpc) is 2.04. The van der Waals surface area contributed by atoms with Gasteiger partial charge >= 0.3 is 70.5 Å². The predicted octanol–water partition coefficient (Wildman–Crippen LogP) is -0.0210. The molecule has 0 fully saturated rings. The molecule has 0 aliphatic rings. The van der Waals surface area contributed by atoms with Crippen LogP contribution in [-0.4, -0.2) is 28.0 Å². The second-order valence-corrected chi connectivity index (χ2v) is 2.54. The maximum absolute atomic E-state index is 10.4. The summed E-state index contributed by atoms with van der Waals surface area (Å²) in [6.45, 7) is 6.33. The molecule has 58 valence electrons. The third kappa shape index (κ3) is 5.41. The molecule has 0 aromatic carbocycles. The topological polar surface area (TPSA) is 52.6 Å².